The van der Waals surface area contributed by atoms with Crippen molar-refractivity contribution in [1.82, 2.24) is 14.9 Å². The molecule has 1 N–H and O–H groups in total. The molecule has 0 aliphatic rings. The van der Waals surface area contributed by atoms with Crippen LogP contribution in [0.2, 0.25) is 5.02 Å². The third-order valence-corrected chi connectivity index (χ3v) is 3.93. The van der Waals surface area contributed by atoms with E-state index in [4.69, 9.17) is 11.6 Å². The number of nitrogens with one attached hydrogen (secondary N) is 1. The molecule has 1 aromatic carbocycles. The van der Waals surface area contributed by atoms with Gasteiger partial charge in [-0.2, -0.15) is 0 Å². The third kappa shape index (κ3) is 3.37. The molecule has 0 aliphatic carbocycles. The molecule has 19 heavy (non-hydrogen) atoms. The van der Waals surface area contributed by atoms with Gasteiger partial charge in [-0.3, -0.25) is 0 Å². The number of aromatic nitrogens is 2. The predicted molar refractivity (Wildman–Crippen MR) is 79.5 cm³/mol. The summed E-state index contributed by atoms with van der Waals surface area (Å²) in [5.74, 6) is 1.11. The Labute approximate surface area is 119 Å². The summed E-state index contributed by atoms with van der Waals surface area (Å²) in [6, 6.07) is 6.56. The van der Waals surface area contributed by atoms with Crippen molar-refractivity contribution in [3.63, 3.8) is 0 Å². The highest BCUT2D eigenvalue weighted by Crippen LogP contribution is 2.24. The minimum absolute atomic E-state index is 0.301. The van der Waals surface area contributed by atoms with E-state index in [1.807, 2.05) is 33.4 Å². The molecule has 102 valence electrons. The summed E-state index contributed by atoms with van der Waals surface area (Å²) in [6.45, 7) is 2.02. The number of hydrogen-bond acceptors (Lipinski definition) is 2. The SMILES string of the molecule is CNC(CCc1nccn1C)c1ccc(C)c(Cl)c1. The van der Waals surface area contributed by atoms with E-state index >= 15 is 0 Å². The molecule has 2 aromatic rings. The van der Waals surface area contributed by atoms with Gasteiger partial charge in [-0.05, 0) is 37.6 Å². The summed E-state index contributed by atoms with van der Waals surface area (Å²) in [6.07, 6.45) is 5.76. The normalized spacial score (nSPS) is 12.6. The van der Waals surface area contributed by atoms with E-state index in [-0.39, 0.29) is 0 Å². The molecular weight excluding hydrogens is 258 g/mol. The molecule has 1 heterocycles. The van der Waals surface area contributed by atoms with Gasteiger partial charge in [0.25, 0.3) is 0 Å². The predicted octanol–water partition coefficient (Wildman–Crippen LogP) is 3.28. The molecule has 0 bridgehead atoms. The fraction of sp³-hybridized carbons (Fsp3) is 0.400. The van der Waals surface area contributed by atoms with Crippen LogP contribution in [0.1, 0.15) is 29.4 Å². The smallest absolute Gasteiger partial charge is 0.108 e. The van der Waals surface area contributed by atoms with Crippen molar-refractivity contribution in [2.24, 2.45) is 7.05 Å². The van der Waals surface area contributed by atoms with Crippen molar-refractivity contribution in [3.8, 4) is 0 Å². The molecule has 1 unspecified atom stereocenters. The van der Waals surface area contributed by atoms with Gasteiger partial charge in [0.1, 0.15) is 5.82 Å². The van der Waals surface area contributed by atoms with Crippen LogP contribution >= 0.6 is 11.6 Å². The maximum absolute atomic E-state index is 6.20. The molecule has 3 nitrogen and oxygen atoms in total. The van der Waals surface area contributed by atoms with Crippen molar-refractivity contribution in [3.05, 3.63) is 52.6 Å². The van der Waals surface area contributed by atoms with E-state index in [1.165, 1.54) is 5.56 Å². The van der Waals surface area contributed by atoms with Crippen LogP contribution < -0.4 is 5.32 Å². The second-order valence-corrected chi connectivity index (χ2v) is 5.25. The van der Waals surface area contributed by atoms with Crippen molar-refractivity contribution in [2.45, 2.75) is 25.8 Å². The Bertz CT molecular complexity index is 548. The van der Waals surface area contributed by atoms with Crippen LogP contribution in [0.3, 0.4) is 0 Å². The first-order valence-corrected chi connectivity index (χ1v) is 6.89. The highest BCUT2D eigenvalue weighted by Gasteiger charge is 2.11. The molecule has 0 spiro atoms. The molecular formula is C15H20ClN3. The number of nitrogens with zero attached hydrogens (tertiary/aromatic N) is 2. The van der Waals surface area contributed by atoms with Crippen LogP contribution in [-0.2, 0) is 13.5 Å². The van der Waals surface area contributed by atoms with Crippen molar-refractivity contribution >= 4 is 11.6 Å². The van der Waals surface area contributed by atoms with Crippen LogP contribution in [0.4, 0.5) is 0 Å². The summed E-state index contributed by atoms with van der Waals surface area (Å²) in [4.78, 5) is 4.36. The topological polar surface area (TPSA) is 29.9 Å². The van der Waals surface area contributed by atoms with Gasteiger partial charge in [0.2, 0.25) is 0 Å². The maximum Gasteiger partial charge on any atom is 0.108 e. The number of imidazole rings is 1. The van der Waals surface area contributed by atoms with E-state index in [0.717, 1.165) is 29.3 Å². The van der Waals surface area contributed by atoms with Gasteiger partial charge in [0, 0.05) is 36.9 Å². The minimum Gasteiger partial charge on any atom is -0.338 e. The molecule has 1 aromatic heterocycles. The van der Waals surface area contributed by atoms with Gasteiger partial charge in [-0.15, -0.1) is 0 Å². The van der Waals surface area contributed by atoms with Gasteiger partial charge >= 0.3 is 0 Å². The highest BCUT2D eigenvalue weighted by molar-refractivity contribution is 6.31. The lowest BCUT2D eigenvalue weighted by Crippen LogP contribution is -2.17. The van der Waals surface area contributed by atoms with E-state index in [2.05, 4.69) is 33.1 Å². The molecule has 0 fully saturated rings. The second-order valence-electron chi connectivity index (χ2n) is 4.84. The van der Waals surface area contributed by atoms with Crippen molar-refractivity contribution in [1.29, 1.82) is 0 Å². The first kappa shape index (κ1) is 14.1. The average molecular weight is 278 g/mol. The number of halogens is 1. The van der Waals surface area contributed by atoms with Gasteiger partial charge in [0.05, 0.1) is 0 Å². The average Bonchev–Trinajstić information content (AvgIpc) is 2.80. The fourth-order valence-electron chi connectivity index (χ4n) is 2.21. The summed E-state index contributed by atoms with van der Waals surface area (Å²) >= 11 is 6.20. The molecule has 2 rings (SSSR count). The first-order valence-electron chi connectivity index (χ1n) is 6.51. The van der Waals surface area contributed by atoms with Gasteiger partial charge in [-0.1, -0.05) is 23.7 Å². The summed E-state index contributed by atoms with van der Waals surface area (Å²) in [5, 5.41) is 4.18. The molecule has 4 heteroatoms. The lowest BCUT2D eigenvalue weighted by molar-refractivity contribution is 0.536. The van der Waals surface area contributed by atoms with Crippen LogP contribution in [0.25, 0.3) is 0 Å². The number of rotatable bonds is 5. The van der Waals surface area contributed by atoms with Crippen LogP contribution in [0.15, 0.2) is 30.6 Å². The van der Waals surface area contributed by atoms with E-state index in [1.54, 1.807) is 0 Å². The van der Waals surface area contributed by atoms with Crippen molar-refractivity contribution in [2.75, 3.05) is 7.05 Å². The summed E-state index contributed by atoms with van der Waals surface area (Å²) < 4.78 is 2.06. The standard InChI is InChI=1S/C15H20ClN3/c1-11-4-5-12(10-13(11)16)14(17-2)6-7-15-18-8-9-19(15)3/h4-5,8-10,14,17H,6-7H2,1-3H3. The Morgan fingerprint density at radius 3 is 2.79 bits per heavy atom. The Kier molecular flexibility index (Phi) is 4.61. The molecule has 0 aliphatic heterocycles. The molecule has 0 saturated carbocycles. The Hall–Kier alpha value is -1.32. The van der Waals surface area contributed by atoms with Gasteiger partial charge in [0.15, 0.2) is 0 Å². The molecule has 1 atom stereocenters. The molecule has 0 radical (unpaired) electrons. The molecule has 0 amide bonds. The first-order chi connectivity index (χ1) is 9.11. The number of aryl methyl sites for hydroxylation is 3. The maximum atomic E-state index is 6.20. The lowest BCUT2D eigenvalue weighted by atomic mass is 10.0. The fourth-order valence-corrected chi connectivity index (χ4v) is 2.40. The van der Waals surface area contributed by atoms with E-state index in [9.17, 15) is 0 Å². The zero-order valence-corrected chi connectivity index (χ0v) is 12.4. The second kappa shape index (κ2) is 6.22. The zero-order valence-electron chi connectivity index (χ0n) is 11.7. The summed E-state index contributed by atoms with van der Waals surface area (Å²) in [5.41, 5.74) is 2.34. The quantitative estimate of drug-likeness (QED) is 0.909. The zero-order chi connectivity index (χ0) is 13.8. The lowest BCUT2D eigenvalue weighted by Gasteiger charge is -2.17. The van der Waals surface area contributed by atoms with Gasteiger partial charge < -0.3 is 9.88 Å². The van der Waals surface area contributed by atoms with Gasteiger partial charge in [-0.25, -0.2) is 4.98 Å². The van der Waals surface area contributed by atoms with E-state index < -0.39 is 0 Å². The monoisotopic (exact) mass is 277 g/mol. The van der Waals surface area contributed by atoms with Crippen molar-refractivity contribution < 1.29 is 0 Å². The van der Waals surface area contributed by atoms with E-state index in [0.29, 0.717) is 6.04 Å². The Morgan fingerprint density at radius 2 is 2.21 bits per heavy atom. The highest BCUT2D eigenvalue weighted by atomic mass is 35.5. The Morgan fingerprint density at radius 1 is 1.42 bits per heavy atom. The molecule has 0 saturated heterocycles. The largest absolute Gasteiger partial charge is 0.338 e. The van der Waals surface area contributed by atoms with Crippen LogP contribution in [0, 0.1) is 6.92 Å². The Balaban J connectivity index is 2.07. The van der Waals surface area contributed by atoms with Crippen LogP contribution in [0.5, 0.6) is 0 Å². The minimum atomic E-state index is 0.301. The van der Waals surface area contributed by atoms with Crippen LogP contribution in [-0.4, -0.2) is 16.6 Å². The number of benzene rings is 1. The number of hydrogen-bond donors (Lipinski definition) is 1. The summed E-state index contributed by atoms with van der Waals surface area (Å²) in [7, 11) is 4.01. The third-order valence-electron chi connectivity index (χ3n) is 3.52.